The summed E-state index contributed by atoms with van der Waals surface area (Å²) >= 11 is 0. The molecule has 1 aliphatic heterocycles. The predicted octanol–water partition coefficient (Wildman–Crippen LogP) is 1.21. The smallest absolute Gasteiger partial charge is 0.253 e. The van der Waals surface area contributed by atoms with E-state index in [4.69, 9.17) is 0 Å². The molecule has 1 aliphatic rings. The van der Waals surface area contributed by atoms with E-state index in [0.717, 1.165) is 5.69 Å². The SMILES string of the molecule is CC1CC(C(=O)Nc2ccccc2C(=O)NCc2ccccn2)NN1. The number of pyridine rings is 1. The van der Waals surface area contributed by atoms with Gasteiger partial charge in [-0.05, 0) is 37.6 Å². The molecular weight excluding hydrogens is 318 g/mol. The maximum absolute atomic E-state index is 12.5. The Morgan fingerprint density at radius 3 is 2.68 bits per heavy atom. The molecule has 0 bridgehead atoms. The van der Waals surface area contributed by atoms with Gasteiger partial charge in [0.25, 0.3) is 5.91 Å². The van der Waals surface area contributed by atoms with Crippen molar-refractivity contribution in [1.29, 1.82) is 0 Å². The highest BCUT2D eigenvalue weighted by Crippen LogP contribution is 2.16. The highest BCUT2D eigenvalue weighted by Gasteiger charge is 2.27. The molecule has 2 unspecified atom stereocenters. The van der Waals surface area contributed by atoms with E-state index in [1.54, 1.807) is 30.5 Å². The first kappa shape index (κ1) is 17.1. The van der Waals surface area contributed by atoms with Gasteiger partial charge in [0.05, 0.1) is 23.5 Å². The first-order valence-corrected chi connectivity index (χ1v) is 8.22. The van der Waals surface area contributed by atoms with E-state index < -0.39 is 0 Å². The van der Waals surface area contributed by atoms with Gasteiger partial charge in [-0.2, -0.15) is 0 Å². The summed E-state index contributed by atoms with van der Waals surface area (Å²) in [6.45, 7) is 2.33. The first-order chi connectivity index (χ1) is 12.1. The molecule has 2 heterocycles. The lowest BCUT2D eigenvalue weighted by Crippen LogP contribution is -2.40. The largest absolute Gasteiger partial charge is 0.346 e. The first-order valence-electron chi connectivity index (χ1n) is 8.22. The maximum atomic E-state index is 12.5. The van der Waals surface area contributed by atoms with Crippen molar-refractivity contribution in [2.45, 2.75) is 32.0 Å². The number of amides is 2. The quantitative estimate of drug-likeness (QED) is 0.657. The fourth-order valence-corrected chi connectivity index (χ4v) is 2.67. The molecular formula is C18H21N5O2. The highest BCUT2D eigenvalue weighted by molar-refractivity contribution is 6.04. The van der Waals surface area contributed by atoms with Crippen LogP contribution in [0.1, 0.15) is 29.4 Å². The molecule has 2 amide bonds. The average Bonchev–Trinajstić information content (AvgIpc) is 3.07. The van der Waals surface area contributed by atoms with Gasteiger partial charge in [0.1, 0.15) is 6.04 Å². The van der Waals surface area contributed by atoms with Crippen LogP contribution in [0.25, 0.3) is 0 Å². The van der Waals surface area contributed by atoms with E-state index >= 15 is 0 Å². The minimum absolute atomic E-state index is 0.165. The molecule has 0 saturated carbocycles. The van der Waals surface area contributed by atoms with E-state index in [1.807, 2.05) is 25.1 Å². The van der Waals surface area contributed by atoms with E-state index in [0.29, 0.717) is 24.2 Å². The Kier molecular flexibility index (Phi) is 5.37. The second kappa shape index (κ2) is 7.87. The Morgan fingerprint density at radius 2 is 1.96 bits per heavy atom. The van der Waals surface area contributed by atoms with E-state index in [1.165, 1.54) is 0 Å². The predicted molar refractivity (Wildman–Crippen MR) is 94.6 cm³/mol. The Labute approximate surface area is 146 Å². The van der Waals surface area contributed by atoms with Crippen LogP contribution in [0.3, 0.4) is 0 Å². The number of benzene rings is 1. The molecule has 1 fully saturated rings. The zero-order chi connectivity index (χ0) is 17.6. The summed E-state index contributed by atoms with van der Waals surface area (Å²) in [4.78, 5) is 29.0. The van der Waals surface area contributed by atoms with Crippen molar-refractivity contribution in [3.05, 3.63) is 59.9 Å². The summed E-state index contributed by atoms with van der Waals surface area (Å²) in [6.07, 6.45) is 2.37. The Hall–Kier alpha value is -2.77. The number of hydrogen-bond acceptors (Lipinski definition) is 5. The summed E-state index contributed by atoms with van der Waals surface area (Å²) in [7, 11) is 0. The lowest BCUT2D eigenvalue weighted by molar-refractivity contribution is -0.117. The standard InChI is InChI=1S/C18H21N5O2/c1-12-10-16(23-22-12)18(25)21-15-8-3-2-7-14(15)17(24)20-11-13-6-4-5-9-19-13/h2-9,12,16,22-23H,10-11H2,1H3,(H,20,24)(H,21,25). The number of anilines is 1. The number of hydrogen-bond donors (Lipinski definition) is 4. The van der Waals surface area contributed by atoms with Crippen LogP contribution in [0.2, 0.25) is 0 Å². The van der Waals surface area contributed by atoms with Gasteiger partial charge in [0, 0.05) is 12.2 Å². The molecule has 1 aromatic carbocycles. The zero-order valence-electron chi connectivity index (χ0n) is 14.0. The second-order valence-electron chi connectivity index (χ2n) is 6.02. The number of nitrogens with one attached hydrogen (secondary N) is 4. The summed E-state index contributed by atoms with van der Waals surface area (Å²) in [6, 6.07) is 12.4. The van der Waals surface area contributed by atoms with Gasteiger partial charge >= 0.3 is 0 Å². The number of carbonyl (C=O) groups excluding carboxylic acids is 2. The van der Waals surface area contributed by atoms with E-state index in [-0.39, 0.29) is 23.9 Å². The van der Waals surface area contributed by atoms with Crippen LogP contribution in [0.15, 0.2) is 48.7 Å². The van der Waals surface area contributed by atoms with Gasteiger partial charge in [-0.1, -0.05) is 18.2 Å². The molecule has 25 heavy (non-hydrogen) atoms. The third kappa shape index (κ3) is 4.40. The fourth-order valence-electron chi connectivity index (χ4n) is 2.67. The Bertz CT molecular complexity index is 750. The normalized spacial score (nSPS) is 19.4. The average molecular weight is 339 g/mol. The van der Waals surface area contributed by atoms with Crippen LogP contribution in [-0.2, 0) is 11.3 Å². The number of para-hydroxylation sites is 1. The fraction of sp³-hybridized carbons (Fsp3) is 0.278. The molecule has 2 atom stereocenters. The minimum Gasteiger partial charge on any atom is -0.346 e. The van der Waals surface area contributed by atoms with Gasteiger partial charge in [-0.15, -0.1) is 0 Å². The third-order valence-electron chi connectivity index (χ3n) is 4.00. The Balaban J connectivity index is 1.65. The van der Waals surface area contributed by atoms with Crippen LogP contribution in [0, 0.1) is 0 Å². The van der Waals surface area contributed by atoms with Crippen molar-refractivity contribution in [3.63, 3.8) is 0 Å². The van der Waals surface area contributed by atoms with Gasteiger partial charge < -0.3 is 10.6 Å². The van der Waals surface area contributed by atoms with Crippen molar-refractivity contribution in [2.75, 3.05) is 5.32 Å². The van der Waals surface area contributed by atoms with Gasteiger partial charge in [0.15, 0.2) is 0 Å². The third-order valence-corrected chi connectivity index (χ3v) is 4.00. The van der Waals surface area contributed by atoms with Crippen LogP contribution >= 0.6 is 0 Å². The molecule has 0 aliphatic carbocycles. The van der Waals surface area contributed by atoms with Gasteiger partial charge in [-0.3, -0.25) is 20.0 Å². The van der Waals surface area contributed by atoms with Crippen LogP contribution in [-0.4, -0.2) is 28.9 Å². The van der Waals surface area contributed by atoms with E-state index in [2.05, 4.69) is 26.5 Å². The maximum Gasteiger partial charge on any atom is 0.253 e. The summed E-state index contributed by atoms with van der Waals surface area (Å²) in [5.41, 5.74) is 7.65. The molecule has 0 spiro atoms. The zero-order valence-corrected chi connectivity index (χ0v) is 14.0. The van der Waals surface area contributed by atoms with Crippen molar-refractivity contribution >= 4 is 17.5 Å². The minimum atomic E-state index is -0.320. The monoisotopic (exact) mass is 339 g/mol. The lowest BCUT2D eigenvalue weighted by atomic mass is 10.1. The molecule has 7 heteroatoms. The second-order valence-corrected chi connectivity index (χ2v) is 6.02. The summed E-state index contributed by atoms with van der Waals surface area (Å²) in [5.74, 6) is -0.422. The number of carbonyl (C=O) groups is 2. The Morgan fingerprint density at radius 1 is 1.16 bits per heavy atom. The number of rotatable bonds is 5. The summed E-state index contributed by atoms with van der Waals surface area (Å²) in [5, 5.41) is 5.66. The molecule has 2 aromatic rings. The van der Waals surface area contributed by atoms with Crippen molar-refractivity contribution < 1.29 is 9.59 Å². The number of nitrogens with zero attached hydrogens (tertiary/aromatic N) is 1. The van der Waals surface area contributed by atoms with Gasteiger partial charge in [0.2, 0.25) is 5.91 Å². The molecule has 3 rings (SSSR count). The van der Waals surface area contributed by atoms with Crippen LogP contribution in [0.4, 0.5) is 5.69 Å². The summed E-state index contributed by atoms with van der Waals surface area (Å²) < 4.78 is 0. The van der Waals surface area contributed by atoms with Gasteiger partial charge in [-0.25, -0.2) is 5.43 Å². The van der Waals surface area contributed by atoms with E-state index in [9.17, 15) is 9.59 Å². The topological polar surface area (TPSA) is 95.2 Å². The molecule has 1 saturated heterocycles. The number of hydrazine groups is 1. The molecule has 7 nitrogen and oxygen atoms in total. The van der Waals surface area contributed by atoms with Crippen LogP contribution < -0.4 is 21.5 Å². The van der Waals surface area contributed by atoms with Crippen molar-refractivity contribution in [3.8, 4) is 0 Å². The lowest BCUT2D eigenvalue weighted by Gasteiger charge is -2.14. The molecule has 1 aromatic heterocycles. The van der Waals surface area contributed by atoms with Crippen LogP contribution in [0.5, 0.6) is 0 Å². The van der Waals surface area contributed by atoms with Crippen molar-refractivity contribution in [2.24, 2.45) is 0 Å². The molecule has 4 N–H and O–H groups in total. The molecule has 0 radical (unpaired) electrons. The number of aromatic nitrogens is 1. The highest BCUT2D eigenvalue weighted by atomic mass is 16.2. The molecule has 130 valence electrons. The van der Waals surface area contributed by atoms with Crippen molar-refractivity contribution in [1.82, 2.24) is 21.2 Å².